The molecule has 2 bridgehead atoms. The van der Waals surface area contributed by atoms with Gasteiger partial charge in [0.05, 0.1) is 19.3 Å². The van der Waals surface area contributed by atoms with Crippen LogP contribution >= 0.6 is 0 Å². The van der Waals surface area contributed by atoms with Crippen molar-refractivity contribution in [2.45, 2.75) is 96.4 Å². The van der Waals surface area contributed by atoms with Crippen molar-refractivity contribution >= 4 is 5.91 Å². The Labute approximate surface area is 174 Å². The predicted molar refractivity (Wildman–Crippen MR) is 108 cm³/mol. The van der Waals surface area contributed by atoms with E-state index in [0.29, 0.717) is 13.2 Å². The van der Waals surface area contributed by atoms with Gasteiger partial charge >= 0.3 is 0 Å². The second kappa shape index (κ2) is 10.00. The molecule has 29 heavy (non-hydrogen) atoms. The zero-order valence-corrected chi connectivity index (χ0v) is 18.8. The quantitative estimate of drug-likeness (QED) is 0.392. The highest BCUT2D eigenvalue weighted by atomic mass is 16.7. The molecule has 0 aromatic heterocycles. The molecule has 0 aromatic carbocycles. The van der Waals surface area contributed by atoms with Crippen molar-refractivity contribution in [3.05, 3.63) is 0 Å². The van der Waals surface area contributed by atoms with Gasteiger partial charge in [-0.15, -0.1) is 0 Å². The summed E-state index contributed by atoms with van der Waals surface area (Å²) in [5.41, 5.74) is -0.649. The van der Waals surface area contributed by atoms with Gasteiger partial charge in [0.25, 0.3) is 0 Å². The Morgan fingerprint density at radius 3 is 2.62 bits per heavy atom. The number of rotatable bonds is 9. The van der Waals surface area contributed by atoms with Gasteiger partial charge in [-0.05, 0) is 48.5 Å². The summed E-state index contributed by atoms with van der Waals surface area (Å²) in [5, 5.41) is 20.2. The second-order valence-electron chi connectivity index (χ2n) is 9.58. The van der Waals surface area contributed by atoms with Crippen LogP contribution in [0.1, 0.15) is 48.5 Å². The first-order chi connectivity index (χ1) is 13.4. The van der Waals surface area contributed by atoms with Crippen LogP contribution in [0.15, 0.2) is 0 Å². The van der Waals surface area contributed by atoms with Crippen LogP contribution in [0.5, 0.6) is 0 Å². The highest BCUT2D eigenvalue weighted by Crippen LogP contribution is 2.32. The number of fused-ring (bicyclic) bond motifs is 2. The molecule has 170 valence electrons. The van der Waals surface area contributed by atoms with Crippen LogP contribution in [0.4, 0.5) is 0 Å². The summed E-state index contributed by atoms with van der Waals surface area (Å²) in [6.07, 6.45) is -2.58. The van der Waals surface area contributed by atoms with Gasteiger partial charge in [-0.25, -0.2) is 0 Å². The molecule has 0 aliphatic carbocycles. The molecule has 1 amide bonds. The molecule has 3 unspecified atom stereocenters. The van der Waals surface area contributed by atoms with E-state index in [1.54, 1.807) is 0 Å². The van der Waals surface area contributed by atoms with Crippen molar-refractivity contribution in [1.29, 1.82) is 0 Å². The lowest BCUT2D eigenvalue weighted by atomic mass is 9.93. The van der Waals surface area contributed by atoms with Crippen molar-refractivity contribution in [3.63, 3.8) is 0 Å². The van der Waals surface area contributed by atoms with Crippen LogP contribution in [0.2, 0.25) is 0 Å². The lowest BCUT2D eigenvalue weighted by molar-refractivity contribution is -0.330. The minimum atomic E-state index is -0.810. The van der Waals surface area contributed by atoms with Crippen molar-refractivity contribution < 1.29 is 28.8 Å². The monoisotopic (exact) mass is 417 g/mol. The van der Waals surface area contributed by atoms with E-state index in [1.165, 1.54) is 0 Å². The van der Waals surface area contributed by atoms with Crippen molar-refractivity contribution in [1.82, 2.24) is 16.0 Å². The van der Waals surface area contributed by atoms with Crippen LogP contribution in [0, 0.1) is 0 Å². The maximum absolute atomic E-state index is 11.8. The summed E-state index contributed by atoms with van der Waals surface area (Å²) in [4.78, 5) is 11.8. The number of hydrogen-bond acceptors (Lipinski definition) is 8. The Bertz CT molecular complexity index is 537. The minimum Gasteiger partial charge on any atom is -0.388 e. The number of carbonyl (C=O) groups is 1. The number of ether oxygens (including phenoxy) is 4. The van der Waals surface area contributed by atoms with E-state index in [0.717, 1.165) is 0 Å². The summed E-state index contributed by atoms with van der Waals surface area (Å²) >= 11 is 0. The van der Waals surface area contributed by atoms with Crippen LogP contribution in [0.25, 0.3) is 0 Å². The largest absolute Gasteiger partial charge is 0.388 e. The lowest BCUT2D eigenvalue weighted by Gasteiger charge is -2.53. The fraction of sp³-hybridized carbons (Fsp3) is 0.950. The predicted octanol–water partition coefficient (Wildman–Crippen LogP) is 0.111. The van der Waals surface area contributed by atoms with Crippen LogP contribution in [-0.4, -0.2) is 85.3 Å². The summed E-state index contributed by atoms with van der Waals surface area (Å²) in [7, 11) is 0. The molecule has 9 heteroatoms. The number of carbonyl (C=O) groups excluding carboxylic acids is 1. The maximum Gasteiger partial charge on any atom is 0.246 e. The van der Waals surface area contributed by atoms with Gasteiger partial charge in [0, 0.05) is 18.1 Å². The number of hydrogen-bond donors (Lipinski definition) is 4. The van der Waals surface area contributed by atoms with E-state index >= 15 is 0 Å². The van der Waals surface area contributed by atoms with Gasteiger partial charge in [0.15, 0.2) is 6.29 Å². The van der Waals surface area contributed by atoms with Gasteiger partial charge in [-0.3, -0.25) is 10.1 Å². The van der Waals surface area contributed by atoms with Crippen molar-refractivity contribution in [2.75, 3.05) is 26.4 Å². The van der Waals surface area contributed by atoms with Crippen molar-refractivity contribution in [3.8, 4) is 0 Å². The van der Waals surface area contributed by atoms with Gasteiger partial charge in [-0.2, -0.15) is 0 Å². The Kier molecular flexibility index (Phi) is 8.43. The standard InChI is InChI=1S/C20H39N3O6/c1-12(2)22-14(24)11-26-10-13-17-16(25)15(23-20(6,7)29-17)18(28-13)27-9-8-21-19(3,4)5/h12-13,15-18,21,23,25H,8-11H2,1-7H3,(H,22,24)/t13?,15?,16-,17?,18-/m1/s1. The molecule has 2 saturated heterocycles. The highest BCUT2D eigenvalue weighted by Gasteiger charge is 2.53. The summed E-state index contributed by atoms with van der Waals surface area (Å²) in [6.45, 7) is 15.0. The van der Waals surface area contributed by atoms with E-state index in [2.05, 4.69) is 36.7 Å². The van der Waals surface area contributed by atoms with Crippen LogP contribution in [0.3, 0.4) is 0 Å². The number of amides is 1. The Morgan fingerprint density at radius 1 is 1.31 bits per heavy atom. The van der Waals surface area contributed by atoms with E-state index < -0.39 is 36.4 Å². The summed E-state index contributed by atoms with van der Waals surface area (Å²) < 4.78 is 23.5. The fourth-order valence-corrected chi connectivity index (χ4v) is 3.50. The first kappa shape index (κ1) is 24.5. The normalized spacial score (nSPS) is 31.7. The van der Waals surface area contributed by atoms with Gasteiger partial charge in [0.1, 0.15) is 30.6 Å². The third-order valence-electron chi connectivity index (χ3n) is 4.62. The lowest BCUT2D eigenvalue weighted by Crippen LogP contribution is -2.74. The van der Waals surface area contributed by atoms with Gasteiger partial charge < -0.3 is 34.7 Å². The first-order valence-electron chi connectivity index (χ1n) is 10.4. The topological polar surface area (TPSA) is 110 Å². The number of aliphatic hydroxyl groups excluding tert-OH is 1. The molecule has 4 N–H and O–H groups in total. The molecular formula is C20H39N3O6. The smallest absolute Gasteiger partial charge is 0.246 e. The van der Waals surface area contributed by atoms with Gasteiger partial charge in [0.2, 0.25) is 5.91 Å². The van der Waals surface area contributed by atoms with E-state index in [1.807, 2.05) is 27.7 Å². The van der Waals surface area contributed by atoms with E-state index in [9.17, 15) is 9.90 Å². The van der Waals surface area contributed by atoms with Crippen molar-refractivity contribution in [2.24, 2.45) is 0 Å². The Balaban J connectivity index is 1.94. The molecule has 2 heterocycles. The number of aliphatic hydroxyl groups is 1. The van der Waals surface area contributed by atoms with E-state index in [4.69, 9.17) is 18.9 Å². The Morgan fingerprint density at radius 2 is 2.00 bits per heavy atom. The SMILES string of the molecule is CC(C)NC(=O)COCC1O[C@@H](OCCNC(C)(C)C)C2NC(C)(C)OC1[C@@H]2O. The molecule has 0 saturated carbocycles. The molecular weight excluding hydrogens is 378 g/mol. The first-order valence-corrected chi connectivity index (χ1v) is 10.4. The second-order valence-corrected chi connectivity index (χ2v) is 9.58. The maximum atomic E-state index is 11.8. The molecule has 5 atom stereocenters. The molecule has 2 aliphatic heterocycles. The average Bonchev–Trinajstić information content (AvgIpc) is 2.55. The number of nitrogens with one attached hydrogen (secondary N) is 3. The fourth-order valence-electron chi connectivity index (χ4n) is 3.50. The van der Waals surface area contributed by atoms with Crippen LogP contribution < -0.4 is 16.0 Å². The third-order valence-corrected chi connectivity index (χ3v) is 4.62. The molecule has 2 rings (SSSR count). The average molecular weight is 418 g/mol. The molecule has 0 radical (unpaired) electrons. The zero-order chi connectivity index (χ0) is 21.8. The molecule has 9 nitrogen and oxygen atoms in total. The van der Waals surface area contributed by atoms with Crippen LogP contribution in [-0.2, 0) is 23.7 Å². The Hall–Kier alpha value is -0.810. The third kappa shape index (κ3) is 7.75. The molecule has 0 spiro atoms. The summed E-state index contributed by atoms with van der Waals surface area (Å²) in [6, 6.07) is -0.369. The zero-order valence-electron chi connectivity index (χ0n) is 18.8. The molecule has 0 aromatic rings. The highest BCUT2D eigenvalue weighted by molar-refractivity contribution is 5.77. The molecule has 2 fully saturated rings. The van der Waals surface area contributed by atoms with E-state index in [-0.39, 0.29) is 30.7 Å². The minimum absolute atomic E-state index is 0.00670. The van der Waals surface area contributed by atoms with Gasteiger partial charge in [-0.1, -0.05) is 0 Å². The summed E-state index contributed by atoms with van der Waals surface area (Å²) in [5.74, 6) is -0.193. The molecule has 2 aliphatic rings.